The molecule has 1 N–H and O–H groups in total. The summed E-state index contributed by atoms with van der Waals surface area (Å²) in [5, 5.41) is 25.4. The molecule has 0 saturated heterocycles. The fraction of sp³-hybridized carbons (Fsp3) is 0.263. The molecule has 28 heavy (non-hydrogen) atoms. The first-order chi connectivity index (χ1) is 13.3. The molecule has 0 bridgehead atoms. The first-order valence-corrected chi connectivity index (χ1v) is 8.57. The molecule has 9 heteroatoms. The van der Waals surface area contributed by atoms with Crippen molar-refractivity contribution in [3.63, 3.8) is 0 Å². The summed E-state index contributed by atoms with van der Waals surface area (Å²) in [4.78, 5) is 38.0. The minimum absolute atomic E-state index is 0.0623. The second kappa shape index (κ2) is 7.65. The highest BCUT2D eigenvalue weighted by Crippen LogP contribution is 2.35. The molecule has 0 aliphatic carbocycles. The van der Waals surface area contributed by atoms with E-state index in [2.05, 4.69) is 10.3 Å². The molecule has 0 spiro atoms. The second-order valence-corrected chi connectivity index (χ2v) is 6.61. The van der Waals surface area contributed by atoms with Gasteiger partial charge in [-0.25, -0.2) is 0 Å². The van der Waals surface area contributed by atoms with E-state index >= 15 is 0 Å². The van der Waals surface area contributed by atoms with E-state index < -0.39 is 28.0 Å². The zero-order valence-corrected chi connectivity index (χ0v) is 15.2. The fourth-order valence-corrected chi connectivity index (χ4v) is 3.46. The third kappa shape index (κ3) is 3.79. The molecule has 1 aliphatic heterocycles. The Morgan fingerprint density at radius 1 is 1.00 bits per heavy atom. The summed E-state index contributed by atoms with van der Waals surface area (Å²) in [5.74, 6) is -0.709. The summed E-state index contributed by atoms with van der Waals surface area (Å²) >= 11 is 0. The molecule has 1 aliphatic rings. The number of Topliss-reactive ketones (excluding diaryl/α,β-unsaturated/α-hetero) is 1. The van der Waals surface area contributed by atoms with E-state index in [0.29, 0.717) is 16.8 Å². The van der Waals surface area contributed by atoms with Gasteiger partial charge in [-0.2, -0.15) is 0 Å². The zero-order chi connectivity index (χ0) is 20.4. The van der Waals surface area contributed by atoms with Crippen molar-refractivity contribution in [1.29, 1.82) is 0 Å². The van der Waals surface area contributed by atoms with E-state index in [0.717, 1.165) is 0 Å². The van der Waals surface area contributed by atoms with Crippen LogP contribution in [0.4, 0.5) is 11.4 Å². The predicted octanol–water partition coefficient (Wildman–Crippen LogP) is 3.51. The van der Waals surface area contributed by atoms with Crippen LogP contribution in [-0.2, 0) is 4.79 Å². The predicted molar refractivity (Wildman–Crippen MR) is 102 cm³/mol. The lowest BCUT2D eigenvalue weighted by Crippen LogP contribution is -2.42. The number of carbonyl (C=O) groups excluding carboxylic acids is 1. The van der Waals surface area contributed by atoms with Crippen LogP contribution in [0.1, 0.15) is 37.2 Å². The summed E-state index contributed by atoms with van der Waals surface area (Å²) in [6, 6.07) is 11.6. The van der Waals surface area contributed by atoms with Crippen LogP contribution in [0, 0.1) is 26.1 Å². The summed E-state index contributed by atoms with van der Waals surface area (Å²) < 4.78 is 0. The Morgan fingerprint density at radius 2 is 1.54 bits per heavy atom. The first kappa shape index (κ1) is 19.3. The van der Waals surface area contributed by atoms with Crippen molar-refractivity contribution in [2.75, 3.05) is 0 Å². The molecule has 1 heterocycles. The number of hydrogen-bond donors (Lipinski definition) is 1. The average Bonchev–Trinajstić information content (AvgIpc) is 2.67. The van der Waals surface area contributed by atoms with Crippen molar-refractivity contribution in [3.8, 4) is 0 Å². The number of benzene rings is 2. The zero-order valence-electron chi connectivity index (χ0n) is 15.2. The molecule has 3 rings (SSSR count). The van der Waals surface area contributed by atoms with Crippen molar-refractivity contribution in [2.45, 2.75) is 26.1 Å². The van der Waals surface area contributed by atoms with Crippen molar-refractivity contribution in [1.82, 2.24) is 5.32 Å². The van der Waals surface area contributed by atoms with Crippen LogP contribution in [0.25, 0.3) is 0 Å². The van der Waals surface area contributed by atoms with Crippen LogP contribution in [-0.4, -0.2) is 21.3 Å². The van der Waals surface area contributed by atoms with Gasteiger partial charge in [0.1, 0.15) is 11.9 Å². The lowest BCUT2D eigenvalue weighted by Gasteiger charge is -2.34. The molecule has 0 aromatic heterocycles. The Bertz CT molecular complexity index is 988. The highest BCUT2D eigenvalue weighted by atomic mass is 16.6. The van der Waals surface area contributed by atoms with E-state index in [1.165, 1.54) is 31.2 Å². The van der Waals surface area contributed by atoms with Gasteiger partial charge in [0.15, 0.2) is 0 Å². The van der Waals surface area contributed by atoms with Gasteiger partial charge in [-0.1, -0.05) is 24.3 Å². The van der Waals surface area contributed by atoms with E-state index in [9.17, 15) is 25.0 Å². The number of nitro groups is 2. The molecular weight excluding hydrogens is 364 g/mol. The van der Waals surface area contributed by atoms with Crippen LogP contribution in [0.15, 0.2) is 53.5 Å². The maximum atomic E-state index is 12.3. The number of carbonyl (C=O) groups is 1. The van der Waals surface area contributed by atoms with Gasteiger partial charge in [0.05, 0.1) is 15.8 Å². The van der Waals surface area contributed by atoms with Gasteiger partial charge in [-0.3, -0.25) is 35.3 Å². The number of aliphatic imine (C=N–C) groups is 1. The third-order valence-electron chi connectivity index (χ3n) is 4.73. The quantitative estimate of drug-likeness (QED) is 0.622. The Morgan fingerprint density at radius 3 is 2.07 bits per heavy atom. The molecule has 0 saturated carbocycles. The minimum atomic E-state index is -0.611. The summed E-state index contributed by atoms with van der Waals surface area (Å²) in [6.07, 6.45) is -0.611. The first-order valence-electron chi connectivity index (χ1n) is 8.57. The van der Waals surface area contributed by atoms with E-state index in [1.54, 1.807) is 31.2 Å². The number of hydrogen-bond acceptors (Lipinski definition) is 7. The molecule has 2 aromatic rings. The smallest absolute Gasteiger partial charge is 0.269 e. The Kier molecular flexibility index (Phi) is 5.27. The minimum Gasteiger partial charge on any atom is -0.299 e. The van der Waals surface area contributed by atoms with Gasteiger partial charge in [0.25, 0.3) is 11.4 Å². The number of nitrogens with one attached hydrogen (secondary N) is 1. The Hall–Kier alpha value is -3.46. The molecule has 1 unspecified atom stereocenters. The van der Waals surface area contributed by atoms with Gasteiger partial charge < -0.3 is 0 Å². The number of rotatable bonds is 5. The SMILES string of the molecule is CC(=O)C1C(C)=N[C@H](c2cccc([N+](=O)[O-])c2)N[C@@H]1c1cccc([N+](=O)[O-])c1. The normalized spacial score (nSPS) is 21.6. The summed E-state index contributed by atoms with van der Waals surface area (Å²) in [7, 11) is 0. The molecule has 9 nitrogen and oxygen atoms in total. The fourth-order valence-electron chi connectivity index (χ4n) is 3.46. The lowest BCUT2D eigenvalue weighted by atomic mass is 9.84. The van der Waals surface area contributed by atoms with Crippen molar-refractivity contribution >= 4 is 22.9 Å². The van der Waals surface area contributed by atoms with Crippen LogP contribution in [0.5, 0.6) is 0 Å². The van der Waals surface area contributed by atoms with Gasteiger partial charge in [-0.15, -0.1) is 0 Å². The Balaban J connectivity index is 2.05. The molecule has 3 atom stereocenters. The maximum absolute atomic E-state index is 12.3. The largest absolute Gasteiger partial charge is 0.299 e. The molecule has 144 valence electrons. The van der Waals surface area contributed by atoms with Crippen molar-refractivity contribution in [3.05, 3.63) is 79.9 Å². The highest BCUT2D eigenvalue weighted by molar-refractivity contribution is 6.04. The van der Waals surface area contributed by atoms with E-state index in [1.807, 2.05) is 0 Å². The molecule has 0 radical (unpaired) electrons. The van der Waals surface area contributed by atoms with Crippen LogP contribution >= 0.6 is 0 Å². The molecular formula is C19H18N4O5. The van der Waals surface area contributed by atoms with Crippen molar-refractivity contribution < 1.29 is 14.6 Å². The average molecular weight is 382 g/mol. The third-order valence-corrected chi connectivity index (χ3v) is 4.73. The van der Waals surface area contributed by atoms with Crippen molar-refractivity contribution in [2.24, 2.45) is 10.9 Å². The monoisotopic (exact) mass is 382 g/mol. The lowest BCUT2D eigenvalue weighted by molar-refractivity contribution is -0.385. The van der Waals surface area contributed by atoms with Gasteiger partial charge >= 0.3 is 0 Å². The maximum Gasteiger partial charge on any atom is 0.269 e. The van der Waals surface area contributed by atoms with E-state index in [-0.39, 0.29) is 17.2 Å². The molecule has 0 fully saturated rings. The van der Waals surface area contributed by atoms with Crippen LogP contribution in [0.2, 0.25) is 0 Å². The summed E-state index contributed by atoms with van der Waals surface area (Å²) in [6.45, 7) is 3.17. The van der Waals surface area contributed by atoms with Crippen LogP contribution in [0.3, 0.4) is 0 Å². The summed E-state index contributed by atoms with van der Waals surface area (Å²) in [5.41, 5.74) is 1.59. The van der Waals surface area contributed by atoms with Gasteiger partial charge in [0, 0.05) is 36.0 Å². The standard InChI is InChI=1S/C19H18N4O5/c1-11-17(12(2)24)18(13-5-3-7-15(9-13)22(25)26)21-19(20-11)14-6-4-8-16(10-14)23(27)28/h3-10,17-19,21H,1-2H3/t17?,18-,19+/m1/s1. The molecule has 2 aromatic carbocycles. The van der Waals surface area contributed by atoms with Gasteiger partial charge in [0.2, 0.25) is 0 Å². The van der Waals surface area contributed by atoms with Gasteiger partial charge in [-0.05, 0) is 25.0 Å². The second-order valence-electron chi connectivity index (χ2n) is 6.61. The van der Waals surface area contributed by atoms with E-state index in [4.69, 9.17) is 0 Å². The topological polar surface area (TPSA) is 128 Å². The van der Waals surface area contributed by atoms with Crippen LogP contribution < -0.4 is 5.32 Å². The number of nitro benzene ring substituents is 2. The molecule has 0 amide bonds. The number of non-ortho nitro benzene ring substituents is 2. The number of nitrogens with zero attached hydrogens (tertiary/aromatic N) is 3. The highest BCUT2D eigenvalue weighted by Gasteiger charge is 2.36. The Labute approximate surface area is 160 Å². The number of ketones is 1.